The van der Waals surface area contributed by atoms with Crippen molar-refractivity contribution in [1.29, 1.82) is 0 Å². The topological polar surface area (TPSA) is 167 Å². The molecule has 1 aliphatic carbocycles. The number of alkyl carbamates (subject to hydrolysis) is 1. The number of non-ortho nitro benzene ring substituents is 1. The molecule has 1 aromatic carbocycles. The predicted octanol–water partition coefficient (Wildman–Crippen LogP) is 5.46. The molecule has 3 aromatic rings. The standard InChI is InChI=1S/C29H38N8O6/c1-28(2,3)42-26(38)32-19-9-7-18(8-10-19)31-25-33-23(35-14-13-17-15-20(37(40)41)11-12-21(17)35)22-24(34-25)36(16-30-22)27(39)43-29(4,5)6/h11-12,15-16,18-19H,7-10,13-14H2,1-6H3,(H,32,38)(H,31,33,34)/t18-,19-. The van der Waals surface area contributed by atoms with Gasteiger partial charge in [-0.3, -0.25) is 10.1 Å². The van der Waals surface area contributed by atoms with Gasteiger partial charge >= 0.3 is 12.2 Å². The molecule has 14 nitrogen and oxygen atoms in total. The number of benzene rings is 1. The molecule has 0 spiro atoms. The summed E-state index contributed by atoms with van der Waals surface area (Å²) in [5.41, 5.74) is 1.06. The molecule has 2 N–H and O–H groups in total. The van der Waals surface area contributed by atoms with Crippen molar-refractivity contribution < 1.29 is 24.0 Å². The zero-order chi connectivity index (χ0) is 31.1. The monoisotopic (exact) mass is 594 g/mol. The smallest absolute Gasteiger partial charge is 0.421 e. The fraction of sp³-hybridized carbons (Fsp3) is 0.552. The minimum Gasteiger partial charge on any atom is -0.444 e. The van der Waals surface area contributed by atoms with Crippen LogP contribution in [0, 0.1) is 10.1 Å². The molecule has 2 aromatic heterocycles. The summed E-state index contributed by atoms with van der Waals surface area (Å²) in [5.74, 6) is 0.814. The molecule has 0 atom stereocenters. The Kier molecular flexibility index (Phi) is 7.88. The van der Waals surface area contributed by atoms with Crippen molar-refractivity contribution >= 4 is 46.5 Å². The maximum absolute atomic E-state index is 13.1. The van der Waals surface area contributed by atoms with Crippen molar-refractivity contribution in [2.45, 2.75) is 96.9 Å². The molecule has 1 saturated carbocycles. The van der Waals surface area contributed by atoms with E-state index in [1.54, 1.807) is 32.9 Å². The Hall–Kier alpha value is -4.49. The van der Waals surface area contributed by atoms with Gasteiger partial charge in [-0.25, -0.2) is 19.1 Å². The van der Waals surface area contributed by atoms with Crippen LogP contribution in [0.15, 0.2) is 24.5 Å². The van der Waals surface area contributed by atoms with E-state index in [-0.39, 0.29) is 23.4 Å². The van der Waals surface area contributed by atoms with Crippen LogP contribution < -0.4 is 15.5 Å². The van der Waals surface area contributed by atoms with Gasteiger partial charge < -0.3 is 25.0 Å². The van der Waals surface area contributed by atoms with Gasteiger partial charge in [0.25, 0.3) is 5.69 Å². The zero-order valence-corrected chi connectivity index (χ0v) is 25.3. The van der Waals surface area contributed by atoms with Gasteiger partial charge in [0.1, 0.15) is 17.5 Å². The SMILES string of the molecule is CC(C)(C)OC(=O)N[C@H]1CC[C@H](Nc2nc(N3CCc4cc([N+](=O)[O-])ccc43)c3ncn(C(=O)OC(C)(C)C)c3n2)CC1. The highest BCUT2D eigenvalue weighted by molar-refractivity contribution is 5.93. The van der Waals surface area contributed by atoms with E-state index in [1.165, 1.54) is 17.0 Å². The van der Waals surface area contributed by atoms with Crippen LogP contribution in [0.1, 0.15) is 72.8 Å². The van der Waals surface area contributed by atoms with E-state index in [9.17, 15) is 19.7 Å². The largest absolute Gasteiger partial charge is 0.444 e. The maximum Gasteiger partial charge on any atom is 0.421 e. The number of hydrogen-bond donors (Lipinski definition) is 2. The van der Waals surface area contributed by atoms with E-state index in [1.807, 2.05) is 25.7 Å². The van der Waals surface area contributed by atoms with E-state index in [2.05, 4.69) is 20.6 Å². The van der Waals surface area contributed by atoms with E-state index >= 15 is 0 Å². The van der Waals surface area contributed by atoms with E-state index in [0.29, 0.717) is 30.2 Å². The number of fused-ring (bicyclic) bond motifs is 2. The number of nitrogens with one attached hydrogen (secondary N) is 2. The van der Waals surface area contributed by atoms with Crippen molar-refractivity contribution in [3.63, 3.8) is 0 Å². The molecule has 1 amide bonds. The van der Waals surface area contributed by atoms with Crippen LogP contribution in [0.3, 0.4) is 0 Å². The van der Waals surface area contributed by atoms with Crippen molar-refractivity contribution in [3.05, 3.63) is 40.2 Å². The average Bonchev–Trinajstić information content (AvgIpc) is 3.51. The predicted molar refractivity (Wildman–Crippen MR) is 160 cm³/mol. The zero-order valence-electron chi connectivity index (χ0n) is 25.3. The number of aromatic nitrogens is 4. The van der Waals surface area contributed by atoms with Gasteiger partial charge in [-0.2, -0.15) is 9.97 Å². The third-order valence-electron chi connectivity index (χ3n) is 7.17. The number of nitro benzene ring substituents is 1. The third-order valence-corrected chi connectivity index (χ3v) is 7.17. The molecular formula is C29H38N8O6. The summed E-state index contributed by atoms with van der Waals surface area (Å²) in [5, 5.41) is 17.7. The summed E-state index contributed by atoms with van der Waals surface area (Å²) in [6.07, 6.45) is 3.96. The first-order valence-electron chi connectivity index (χ1n) is 14.5. The van der Waals surface area contributed by atoms with E-state index in [4.69, 9.17) is 14.5 Å². The summed E-state index contributed by atoms with van der Waals surface area (Å²) in [6, 6.07) is 4.80. The number of ether oxygens (including phenoxy) is 2. The molecule has 1 fully saturated rings. The Morgan fingerprint density at radius 3 is 2.33 bits per heavy atom. The summed E-state index contributed by atoms with van der Waals surface area (Å²) < 4.78 is 12.3. The van der Waals surface area contributed by atoms with Gasteiger partial charge in [-0.05, 0) is 85.3 Å². The highest BCUT2D eigenvalue weighted by Gasteiger charge is 2.30. The number of hydrogen-bond acceptors (Lipinski definition) is 11. The molecule has 1 aliphatic heterocycles. The van der Waals surface area contributed by atoms with Crippen LogP contribution in [0.4, 0.5) is 32.7 Å². The molecular weight excluding hydrogens is 556 g/mol. The third kappa shape index (κ3) is 6.95. The summed E-state index contributed by atoms with van der Waals surface area (Å²) in [4.78, 5) is 52.2. The van der Waals surface area contributed by atoms with Crippen LogP contribution in [0.25, 0.3) is 11.2 Å². The molecule has 0 unspecified atom stereocenters. The number of nitrogens with zero attached hydrogens (tertiary/aromatic N) is 6. The van der Waals surface area contributed by atoms with Gasteiger partial charge in [0.05, 0.1) is 4.92 Å². The number of carbonyl (C=O) groups excluding carboxylic acids is 2. The second kappa shape index (κ2) is 11.3. The lowest BCUT2D eigenvalue weighted by atomic mass is 9.91. The lowest BCUT2D eigenvalue weighted by molar-refractivity contribution is -0.384. The Morgan fingerprint density at radius 1 is 1.00 bits per heavy atom. The number of carbonyl (C=O) groups is 2. The molecule has 0 saturated heterocycles. The van der Waals surface area contributed by atoms with Gasteiger partial charge in [0.15, 0.2) is 17.0 Å². The lowest BCUT2D eigenvalue weighted by Gasteiger charge is -2.30. The normalized spacial score (nSPS) is 18.7. The molecule has 14 heteroatoms. The first-order valence-corrected chi connectivity index (χ1v) is 14.5. The first kappa shape index (κ1) is 30.0. The summed E-state index contributed by atoms with van der Waals surface area (Å²) in [7, 11) is 0. The van der Waals surface area contributed by atoms with Gasteiger partial charge in [0.2, 0.25) is 5.95 Å². The fourth-order valence-electron chi connectivity index (χ4n) is 5.34. The highest BCUT2D eigenvalue weighted by atomic mass is 16.6. The Labute approximate surface area is 249 Å². The number of rotatable bonds is 5. The van der Waals surface area contributed by atoms with Gasteiger partial charge in [-0.15, -0.1) is 0 Å². The molecule has 0 bridgehead atoms. The summed E-state index contributed by atoms with van der Waals surface area (Å²) in [6.45, 7) is 11.4. The molecule has 5 rings (SSSR count). The van der Waals surface area contributed by atoms with Crippen molar-refractivity contribution in [1.82, 2.24) is 24.8 Å². The van der Waals surface area contributed by atoms with Crippen LogP contribution in [-0.2, 0) is 15.9 Å². The van der Waals surface area contributed by atoms with E-state index < -0.39 is 28.3 Å². The number of anilines is 3. The van der Waals surface area contributed by atoms with Crippen LogP contribution in [0.2, 0.25) is 0 Å². The Bertz CT molecular complexity index is 1550. The van der Waals surface area contributed by atoms with Crippen molar-refractivity contribution in [2.24, 2.45) is 0 Å². The molecule has 0 radical (unpaired) electrons. The first-order chi connectivity index (χ1) is 20.2. The molecule has 230 valence electrons. The minimum absolute atomic E-state index is 0.00520. The average molecular weight is 595 g/mol. The van der Waals surface area contributed by atoms with Crippen molar-refractivity contribution in [2.75, 3.05) is 16.8 Å². The lowest BCUT2D eigenvalue weighted by Crippen LogP contribution is -2.42. The van der Waals surface area contributed by atoms with Crippen LogP contribution in [0.5, 0.6) is 0 Å². The van der Waals surface area contributed by atoms with Crippen molar-refractivity contribution in [3.8, 4) is 0 Å². The molecule has 3 heterocycles. The second-order valence-electron chi connectivity index (χ2n) is 12.9. The minimum atomic E-state index is -0.723. The highest BCUT2D eigenvalue weighted by Crippen LogP contribution is 2.38. The van der Waals surface area contributed by atoms with Crippen LogP contribution in [-0.4, -0.2) is 66.5 Å². The molecule has 43 heavy (non-hydrogen) atoms. The van der Waals surface area contributed by atoms with Crippen LogP contribution >= 0.6 is 0 Å². The van der Waals surface area contributed by atoms with E-state index in [0.717, 1.165) is 36.9 Å². The molecule has 2 aliphatic rings. The van der Waals surface area contributed by atoms with Gasteiger partial charge in [0, 0.05) is 36.4 Å². The fourth-order valence-corrected chi connectivity index (χ4v) is 5.34. The number of nitro groups is 1. The maximum atomic E-state index is 13.1. The quantitative estimate of drug-likeness (QED) is 0.284. The number of amides is 1. The second-order valence-corrected chi connectivity index (χ2v) is 12.9. The Balaban J connectivity index is 1.42. The van der Waals surface area contributed by atoms with Gasteiger partial charge in [-0.1, -0.05) is 0 Å². The number of imidazole rings is 1. The Morgan fingerprint density at radius 2 is 1.67 bits per heavy atom. The summed E-state index contributed by atoms with van der Waals surface area (Å²) >= 11 is 0.